The van der Waals surface area contributed by atoms with Gasteiger partial charge >= 0.3 is 16.4 Å². The number of hydrogen-bond acceptors (Lipinski definition) is 15. The second kappa shape index (κ2) is 26.3. The van der Waals surface area contributed by atoms with Crippen molar-refractivity contribution >= 4 is 57.7 Å². The predicted octanol–water partition coefficient (Wildman–Crippen LogP) is 0.145. The Morgan fingerprint density at radius 1 is 0.889 bits per heavy atom. The highest BCUT2D eigenvalue weighted by atomic mass is 32.3. The van der Waals surface area contributed by atoms with Crippen molar-refractivity contribution < 1.29 is 75.2 Å². The number of methoxy groups -OCH3 is 1. The first-order chi connectivity index (χ1) is 33.9. The standard InChI is InChI=1S/C48H67N7O16S/c1-9-26(4)38(51-43(60)36(69-8)25-70-72(66,67)68)44(61)53-40-28(6)71-48(65)39(27(5)10-2)52-42(59)34(23-30-17-19-31(56)20-18-30)54(7)47(64)35(24-29-15-13-12-14-16-29)55-37(57)22-21-33(46(55)63)50-41(58)32(11-3)49-45(40)62/h11-20,26-28,33-40,56-57H,9-10,21-25H2,1-8H3,(H,49,62)(H,50,58)(H,51,60)(H,52,59)(H,53,61)(H,66,67,68)/b32-11-/t26-,27+,28+,33-,34-,35-,36+,37+,38-,39-,40-/m0/s1. The zero-order valence-corrected chi connectivity index (χ0v) is 42.3. The summed E-state index contributed by atoms with van der Waals surface area (Å²) in [5, 5.41) is 34.3. The quantitative estimate of drug-likeness (QED) is 0.0630. The van der Waals surface area contributed by atoms with E-state index in [9.17, 15) is 52.2 Å². The van der Waals surface area contributed by atoms with Crippen molar-refractivity contribution in [2.45, 2.75) is 135 Å². The normalized spacial score (nSPS) is 25.3. The highest BCUT2D eigenvalue weighted by Crippen LogP contribution is 2.26. The highest BCUT2D eigenvalue weighted by Gasteiger charge is 2.46. The molecule has 4 rings (SSSR count). The van der Waals surface area contributed by atoms with Gasteiger partial charge in [0.2, 0.25) is 23.6 Å². The summed E-state index contributed by atoms with van der Waals surface area (Å²) in [6.45, 7) is 8.32. The summed E-state index contributed by atoms with van der Waals surface area (Å²) in [7, 11) is -2.61. The lowest BCUT2D eigenvalue weighted by molar-refractivity contribution is -0.165. The minimum absolute atomic E-state index is 0.0718. The molecule has 0 aliphatic carbocycles. The first-order valence-corrected chi connectivity index (χ1v) is 24.9. The Hall–Kier alpha value is -6.47. The number of carbonyl (C=O) groups is 8. The molecule has 72 heavy (non-hydrogen) atoms. The average Bonchev–Trinajstić information content (AvgIpc) is 3.34. The molecule has 2 aromatic rings. The van der Waals surface area contributed by atoms with Gasteiger partial charge in [0.25, 0.3) is 17.7 Å². The van der Waals surface area contributed by atoms with E-state index in [1.54, 1.807) is 58.0 Å². The third-order valence-corrected chi connectivity index (χ3v) is 13.3. The number of fused-ring (bicyclic) bond motifs is 2. The van der Waals surface area contributed by atoms with Crippen LogP contribution in [-0.4, -0.2) is 156 Å². The van der Waals surface area contributed by atoms with E-state index in [1.165, 1.54) is 51.2 Å². The van der Waals surface area contributed by atoms with Crippen LogP contribution in [0.2, 0.25) is 0 Å². The first kappa shape index (κ1) is 58.1. The molecule has 8 N–H and O–H groups in total. The van der Waals surface area contributed by atoms with Crippen LogP contribution in [0.3, 0.4) is 0 Å². The smallest absolute Gasteiger partial charge is 0.397 e. The molecule has 2 aromatic carbocycles. The van der Waals surface area contributed by atoms with Crippen LogP contribution in [-0.2, 0) is 75.3 Å². The van der Waals surface area contributed by atoms with Crippen LogP contribution in [0.15, 0.2) is 66.4 Å². The minimum atomic E-state index is -5.00. The Bertz CT molecular complexity index is 2410. The number of amides is 7. The van der Waals surface area contributed by atoms with Gasteiger partial charge in [-0.1, -0.05) is 89.1 Å². The van der Waals surface area contributed by atoms with Crippen molar-refractivity contribution in [1.82, 2.24) is 36.4 Å². The van der Waals surface area contributed by atoms with Gasteiger partial charge < -0.3 is 56.1 Å². The number of piperidine rings is 1. The number of allylic oxidation sites excluding steroid dienone is 1. The Morgan fingerprint density at radius 2 is 1.51 bits per heavy atom. The van der Waals surface area contributed by atoms with Crippen LogP contribution in [0.5, 0.6) is 5.75 Å². The zero-order chi connectivity index (χ0) is 53.6. The van der Waals surface area contributed by atoms with Gasteiger partial charge in [-0.05, 0) is 61.8 Å². The van der Waals surface area contributed by atoms with Gasteiger partial charge in [0, 0.05) is 27.0 Å². The second-order valence-corrected chi connectivity index (χ2v) is 19.0. The number of ether oxygens (including phenoxy) is 2. The van der Waals surface area contributed by atoms with Crippen LogP contribution in [0.25, 0.3) is 0 Å². The van der Waals surface area contributed by atoms with E-state index >= 15 is 4.79 Å². The van der Waals surface area contributed by atoms with Crippen molar-refractivity contribution in [3.63, 3.8) is 0 Å². The average molecular weight is 1030 g/mol. The Balaban J connectivity index is 1.85. The number of likely N-dealkylation sites (N-methyl/N-ethyl adjacent to an activating group) is 1. The molecule has 396 valence electrons. The highest BCUT2D eigenvalue weighted by molar-refractivity contribution is 7.80. The molecule has 7 amide bonds. The zero-order valence-electron chi connectivity index (χ0n) is 41.5. The molecule has 2 bridgehead atoms. The summed E-state index contributed by atoms with van der Waals surface area (Å²) in [5.41, 5.74) is 0.650. The molecular formula is C48H67N7O16S. The topological polar surface area (TPSA) is 326 Å². The number of carbonyl (C=O) groups excluding carboxylic acids is 8. The largest absolute Gasteiger partial charge is 0.508 e. The summed E-state index contributed by atoms with van der Waals surface area (Å²) >= 11 is 0. The number of aromatic hydroxyl groups is 1. The molecule has 2 heterocycles. The molecule has 0 radical (unpaired) electrons. The van der Waals surface area contributed by atoms with Gasteiger partial charge in [-0.3, -0.25) is 38.1 Å². The second-order valence-electron chi connectivity index (χ2n) is 17.9. The van der Waals surface area contributed by atoms with Crippen molar-refractivity contribution in [2.24, 2.45) is 11.8 Å². The molecule has 2 aliphatic heterocycles. The lowest BCUT2D eigenvalue weighted by atomic mass is 9.95. The van der Waals surface area contributed by atoms with Gasteiger partial charge in [-0.15, -0.1) is 0 Å². The van der Waals surface area contributed by atoms with E-state index in [0.29, 0.717) is 11.1 Å². The van der Waals surface area contributed by atoms with Gasteiger partial charge in [0.1, 0.15) is 66.6 Å². The lowest BCUT2D eigenvalue weighted by Gasteiger charge is -2.43. The molecule has 0 saturated carbocycles. The van der Waals surface area contributed by atoms with Crippen molar-refractivity contribution in [3.05, 3.63) is 77.5 Å². The number of aliphatic hydroxyl groups is 1. The van der Waals surface area contributed by atoms with Crippen molar-refractivity contribution in [1.29, 1.82) is 0 Å². The summed E-state index contributed by atoms with van der Waals surface area (Å²) in [4.78, 5) is 117. The summed E-state index contributed by atoms with van der Waals surface area (Å²) in [5.74, 6) is -9.11. The molecule has 2 fully saturated rings. The molecule has 2 saturated heterocycles. The summed E-state index contributed by atoms with van der Waals surface area (Å²) in [6.07, 6.45) is -3.55. The molecule has 0 unspecified atom stereocenters. The van der Waals surface area contributed by atoms with E-state index in [0.717, 1.165) is 16.9 Å². The van der Waals surface area contributed by atoms with Gasteiger partial charge in [0.05, 0.1) is 0 Å². The van der Waals surface area contributed by atoms with Crippen LogP contribution in [0.1, 0.15) is 78.4 Å². The number of aliphatic hydroxyl groups excluding tert-OH is 1. The molecular weight excluding hydrogens is 963 g/mol. The number of rotatable bonds is 16. The number of esters is 1. The van der Waals surface area contributed by atoms with Crippen molar-refractivity contribution in [2.75, 3.05) is 20.8 Å². The third kappa shape index (κ3) is 15.5. The fraction of sp³-hybridized carbons (Fsp3) is 0.542. The molecule has 11 atom stereocenters. The number of nitrogens with one attached hydrogen (secondary N) is 5. The number of hydrogen-bond donors (Lipinski definition) is 8. The summed E-state index contributed by atoms with van der Waals surface area (Å²) in [6, 6.07) is 5.47. The number of cyclic esters (lactones) is 1. The van der Waals surface area contributed by atoms with Crippen LogP contribution in [0.4, 0.5) is 0 Å². The molecule has 23 nitrogen and oxygen atoms in total. The van der Waals surface area contributed by atoms with Gasteiger partial charge in [-0.25, -0.2) is 8.98 Å². The first-order valence-electron chi connectivity index (χ1n) is 23.6. The number of nitrogens with zero attached hydrogens (tertiary/aromatic N) is 2. The predicted molar refractivity (Wildman–Crippen MR) is 257 cm³/mol. The SMILES string of the molecule is C/C=C1\NC(=O)[C@@H](NC(=O)[C@@H](NC(=O)[C@@H](COS(=O)(=O)O)OC)[C@@H](C)CC)[C@@H](C)OC(=O)[C@H]([C@H](C)CC)NC(=O)[C@H](Cc2ccc(O)cc2)N(C)C(=O)[C@H](Cc2ccccc2)N2C(=O)[C@H](CC[C@H]2O)NC1=O. The molecule has 0 aromatic heterocycles. The van der Waals surface area contributed by atoms with E-state index in [4.69, 9.17) is 14.0 Å². The van der Waals surface area contributed by atoms with E-state index in [1.807, 2.05) is 0 Å². The third-order valence-electron chi connectivity index (χ3n) is 12.9. The maximum Gasteiger partial charge on any atom is 0.397 e. The van der Waals surface area contributed by atoms with Crippen LogP contribution < -0.4 is 26.6 Å². The number of phenolic OH excluding ortho intramolecular Hbond substituents is 1. The molecule has 0 spiro atoms. The fourth-order valence-electron chi connectivity index (χ4n) is 8.13. The minimum Gasteiger partial charge on any atom is -0.508 e. The number of phenols is 1. The summed E-state index contributed by atoms with van der Waals surface area (Å²) < 4.78 is 46.8. The van der Waals surface area contributed by atoms with E-state index in [-0.39, 0.29) is 44.3 Å². The maximum atomic E-state index is 15.0. The molecule has 2 aliphatic rings. The van der Waals surface area contributed by atoms with Crippen LogP contribution >= 0.6 is 0 Å². The Kier molecular flexibility index (Phi) is 21.2. The lowest BCUT2D eigenvalue weighted by Crippen LogP contribution is -2.64. The van der Waals surface area contributed by atoms with Crippen molar-refractivity contribution in [3.8, 4) is 5.75 Å². The fourth-order valence-corrected chi connectivity index (χ4v) is 8.42. The Morgan fingerprint density at radius 3 is 2.10 bits per heavy atom. The maximum absolute atomic E-state index is 15.0. The monoisotopic (exact) mass is 1030 g/mol. The Labute approximate surface area is 418 Å². The number of benzene rings is 2. The van der Waals surface area contributed by atoms with E-state index < -0.39 is 137 Å². The van der Waals surface area contributed by atoms with Gasteiger partial charge in [-0.2, -0.15) is 8.42 Å². The van der Waals surface area contributed by atoms with E-state index in [2.05, 4.69) is 30.8 Å². The van der Waals surface area contributed by atoms with Gasteiger partial charge in [0.15, 0.2) is 6.10 Å². The van der Waals surface area contributed by atoms with Crippen LogP contribution in [0, 0.1) is 11.8 Å². The molecule has 24 heteroatoms.